The van der Waals surface area contributed by atoms with E-state index in [1.165, 1.54) is 50.5 Å². The Kier molecular flexibility index (Phi) is 9.40. The Bertz CT molecular complexity index is 571. The molecule has 0 saturated carbocycles. The highest BCUT2D eigenvalue weighted by Gasteiger charge is 2.02. The van der Waals surface area contributed by atoms with Crippen LogP contribution in [0.2, 0.25) is 0 Å². The van der Waals surface area contributed by atoms with Crippen LogP contribution < -0.4 is 13.9 Å². The SMILES string of the molecule is CCCCCCCCCc1ccc(OP([O-])Oc2ccccc2)cc1. The molecule has 0 aromatic heterocycles. The molecule has 2 rings (SSSR count). The van der Waals surface area contributed by atoms with Gasteiger partial charge in [0.2, 0.25) is 8.60 Å². The molecular weight excluding hydrogens is 331 g/mol. The van der Waals surface area contributed by atoms with Crippen LogP contribution in [0.1, 0.15) is 57.4 Å². The molecule has 0 fully saturated rings. The minimum atomic E-state index is -2.21. The van der Waals surface area contributed by atoms with Crippen molar-refractivity contribution in [2.24, 2.45) is 0 Å². The van der Waals surface area contributed by atoms with Gasteiger partial charge < -0.3 is 13.9 Å². The van der Waals surface area contributed by atoms with Gasteiger partial charge in [0.1, 0.15) is 11.5 Å². The average molecular weight is 359 g/mol. The Morgan fingerprint density at radius 2 is 1.28 bits per heavy atom. The van der Waals surface area contributed by atoms with E-state index in [0.717, 1.165) is 6.42 Å². The molecule has 0 heterocycles. The normalized spacial score (nSPS) is 11.9. The van der Waals surface area contributed by atoms with E-state index in [-0.39, 0.29) is 0 Å². The van der Waals surface area contributed by atoms with Gasteiger partial charge in [0, 0.05) is 0 Å². The summed E-state index contributed by atoms with van der Waals surface area (Å²) in [6, 6.07) is 16.8. The zero-order chi connectivity index (χ0) is 17.7. The molecule has 0 saturated heterocycles. The van der Waals surface area contributed by atoms with Gasteiger partial charge in [-0.05, 0) is 42.7 Å². The Morgan fingerprint density at radius 1 is 0.720 bits per heavy atom. The fraction of sp³-hybridized carbons (Fsp3) is 0.429. The lowest BCUT2D eigenvalue weighted by molar-refractivity contribution is -0.189. The first kappa shape index (κ1) is 19.8. The highest BCUT2D eigenvalue weighted by molar-refractivity contribution is 7.39. The second kappa shape index (κ2) is 11.9. The lowest BCUT2D eigenvalue weighted by Gasteiger charge is -2.22. The van der Waals surface area contributed by atoms with Crippen LogP contribution in [-0.2, 0) is 6.42 Å². The highest BCUT2D eigenvalue weighted by Crippen LogP contribution is 2.32. The van der Waals surface area contributed by atoms with Gasteiger partial charge in [0.05, 0.1) is 0 Å². The second-order valence-electron chi connectivity index (χ2n) is 6.23. The first-order valence-corrected chi connectivity index (χ1v) is 10.3. The number of hydrogen-bond donors (Lipinski definition) is 0. The van der Waals surface area contributed by atoms with Crippen molar-refractivity contribution in [1.82, 2.24) is 0 Å². The van der Waals surface area contributed by atoms with Crippen molar-refractivity contribution in [1.29, 1.82) is 0 Å². The topological polar surface area (TPSA) is 41.5 Å². The predicted octanol–water partition coefficient (Wildman–Crippen LogP) is 6.02. The van der Waals surface area contributed by atoms with Crippen LogP contribution >= 0.6 is 8.60 Å². The van der Waals surface area contributed by atoms with Gasteiger partial charge in [-0.1, -0.05) is 75.8 Å². The summed E-state index contributed by atoms with van der Waals surface area (Å²) in [6.45, 7) is 2.25. The molecule has 136 valence electrons. The van der Waals surface area contributed by atoms with E-state index < -0.39 is 8.60 Å². The summed E-state index contributed by atoms with van der Waals surface area (Å²) in [6.07, 6.45) is 10.3. The van der Waals surface area contributed by atoms with E-state index in [9.17, 15) is 4.89 Å². The van der Waals surface area contributed by atoms with Crippen LogP contribution in [0.25, 0.3) is 0 Å². The number of hydrogen-bond acceptors (Lipinski definition) is 3. The first-order valence-electron chi connectivity index (χ1n) is 9.25. The van der Waals surface area contributed by atoms with Crippen LogP contribution in [0.4, 0.5) is 0 Å². The molecule has 2 aromatic carbocycles. The van der Waals surface area contributed by atoms with E-state index in [2.05, 4.69) is 6.92 Å². The number of benzene rings is 2. The highest BCUT2D eigenvalue weighted by atomic mass is 31.2. The molecule has 0 N–H and O–H groups in total. The molecular formula is C21H28O3P-. The molecule has 4 heteroatoms. The first-order chi connectivity index (χ1) is 12.3. The van der Waals surface area contributed by atoms with Gasteiger partial charge >= 0.3 is 0 Å². The Balaban J connectivity index is 1.65. The van der Waals surface area contributed by atoms with Crippen LogP contribution in [0.15, 0.2) is 54.6 Å². The fourth-order valence-electron chi connectivity index (χ4n) is 2.68. The van der Waals surface area contributed by atoms with Crippen molar-refractivity contribution < 1.29 is 13.9 Å². The van der Waals surface area contributed by atoms with Crippen LogP contribution in [0.3, 0.4) is 0 Å². The fourth-order valence-corrected chi connectivity index (χ4v) is 3.30. The summed E-state index contributed by atoms with van der Waals surface area (Å²) in [7, 11) is -2.21. The van der Waals surface area contributed by atoms with E-state index in [1.807, 2.05) is 42.5 Å². The molecule has 1 atom stereocenters. The monoisotopic (exact) mass is 359 g/mol. The summed E-state index contributed by atoms with van der Waals surface area (Å²) in [5.41, 5.74) is 1.29. The third kappa shape index (κ3) is 8.38. The van der Waals surface area contributed by atoms with Gasteiger partial charge in [0.15, 0.2) is 0 Å². The lowest BCUT2D eigenvalue weighted by Crippen LogP contribution is -2.07. The molecule has 0 aliphatic rings. The van der Waals surface area contributed by atoms with Crippen molar-refractivity contribution >= 4 is 8.60 Å². The zero-order valence-electron chi connectivity index (χ0n) is 15.0. The van der Waals surface area contributed by atoms with Crippen molar-refractivity contribution in [3.8, 4) is 11.5 Å². The van der Waals surface area contributed by atoms with E-state index in [4.69, 9.17) is 9.05 Å². The average Bonchev–Trinajstić information content (AvgIpc) is 2.63. The van der Waals surface area contributed by atoms with E-state index in [1.54, 1.807) is 12.1 Å². The summed E-state index contributed by atoms with van der Waals surface area (Å²) in [4.78, 5) is 11.9. The Hall–Kier alpha value is -1.57. The van der Waals surface area contributed by atoms with Crippen molar-refractivity contribution in [3.63, 3.8) is 0 Å². The number of para-hydroxylation sites is 1. The molecule has 2 aromatic rings. The van der Waals surface area contributed by atoms with Gasteiger partial charge in [-0.3, -0.25) is 0 Å². The van der Waals surface area contributed by atoms with Crippen molar-refractivity contribution in [2.45, 2.75) is 58.3 Å². The minimum absolute atomic E-state index is 0.541. The third-order valence-electron chi connectivity index (χ3n) is 4.10. The summed E-state index contributed by atoms with van der Waals surface area (Å²) in [5, 5.41) is 0. The zero-order valence-corrected chi connectivity index (χ0v) is 15.9. The molecule has 0 amide bonds. The molecule has 0 bridgehead atoms. The van der Waals surface area contributed by atoms with Crippen molar-refractivity contribution in [3.05, 3.63) is 60.2 Å². The standard InChI is InChI=1S/C21H28O3P/c1-2-3-4-5-6-7-9-12-19-15-17-21(18-16-19)24-25(22)23-20-13-10-8-11-14-20/h8,10-11,13-18H,2-7,9,12H2,1H3/q-1. The van der Waals surface area contributed by atoms with E-state index in [0.29, 0.717) is 11.5 Å². The second-order valence-corrected chi connectivity index (χ2v) is 7.05. The lowest BCUT2D eigenvalue weighted by atomic mass is 10.0. The van der Waals surface area contributed by atoms with Gasteiger partial charge in [-0.15, -0.1) is 0 Å². The van der Waals surface area contributed by atoms with E-state index >= 15 is 0 Å². The molecule has 0 radical (unpaired) electrons. The molecule has 0 aliphatic heterocycles. The number of rotatable bonds is 12. The van der Waals surface area contributed by atoms with Gasteiger partial charge in [0.25, 0.3) is 0 Å². The smallest absolute Gasteiger partial charge is 0.210 e. The summed E-state index contributed by atoms with van der Waals surface area (Å²) >= 11 is 0. The number of aryl methyl sites for hydroxylation is 1. The molecule has 25 heavy (non-hydrogen) atoms. The maximum atomic E-state index is 11.9. The maximum Gasteiger partial charge on any atom is 0.210 e. The molecule has 3 nitrogen and oxygen atoms in total. The summed E-state index contributed by atoms with van der Waals surface area (Å²) < 4.78 is 10.6. The van der Waals surface area contributed by atoms with Gasteiger partial charge in [-0.2, -0.15) is 0 Å². The summed E-state index contributed by atoms with van der Waals surface area (Å²) in [5.74, 6) is 1.11. The Morgan fingerprint density at radius 3 is 1.92 bits per heavy atom. The number of unbranched alkanes of at least 4 members (excludes halogenated alkanes) is 6. The van der Waals surface area contributed by atoms with Crippen molar-refractivity contribution in [2.75, 3.05) is 0 Å². The maximum absolute atomic E-state index is 11.9. The quantitative estimate of drug-likeness (QED) is 0.343. The van der Waals surface area contributed by atoms with Crippen LogP contribution in [0.5, 0.6) is 11.5 Å². The van der Waals surface area contributed by atoms with Crippen LogP contribution in [-0.4, -0.2) is 0 Å². The van der Waals surface area contributed by atoms with Crippen LogP contribution in [0, 0.1) is 0 Å². The minimum Gasteiger partial charge on any atom is -0.765 e. The molecule has 0 aliphatic carbocycles. The molecule has 1 unspecified atom stereocenters. The Labute approximate surface area is 153 Å². The third-order valence-corrected chi connectivity index (χ3v) is 4.82. The van der Waals surface area contributed by atoms with Gasteiger partial charge in [-0.25, -0.2) is 0 Å². The molecule has 0 spiro atoms. The predicted molar refractivity (Wildman–Crippen MR) is 103 cm³/mol. The largest absolute Gasteiger partial charge is 0.765 e.